The molecular formula is C14H23. The Balaban J connectivity index is 3.54. The zero-order valence-electron chi connectivity index (χ0n) is 9.68. The van der Waals surface area contributed by atoms with Crippen LogP contribution in [-0.2, 0) is 0 Å². The first kappa shape index (κ1) is 13.3. The van der Waals surface area contributed by atoms with Crippen molar-refractivity contribution in [1.82, 2.24) is 0 Å². The van der Waals surface area contributed by atoms with Crippen molar-refractivity contribution >= 4 is 0 Å². The third kappa shape index (κ3) is 7.92. The lowest BCUT2D eigenvalue weighted by Gasteiger charge is -2.02. The molecule has 0 saturated carbocycles. The second-order valence-corrected chi connectivity index (χ2v) is 3.73. The van der Waals surface area contributed by atoms with Crippen LogP contribution in [0.5, 0.6) is 0 Å². The SMILES string of the molecule is C#CC(/[C]=C/CCCCC)CCCC. The quantitative estimate of drug-likeness (QED) is 0.395. The summed E-state index contributed by atoms with van der Waals surface area (Å²) in [6, 6.07) is 0. The van der Waals surface area contributed by atoms with E-state index in [1.807, 2.05) is 0 Å². The predicted octanol–water partition coefficient (Wildman–Crippen LogP) is 4.37. The van der Waals surface area contributed by atoms with Crippen molar-refractivity contribution in [3.05, 3.63) is 12.2 Å². The third-order valence-corrected chi connectivity index (χ3v) is 2.32. The zero-order valence-corrected chi connectivity index (χ0v) is 9.68. The molecule has 0 rings (SSSR count). The van der Waals surface area contributed by atoms with Gasteiger partial charge in [-0.25, -0.2) is 0 Å². The molecule has 0 bridgehead atoms. The van der Waals surface area contributed by atoms with Crippen LogP contribution in [0.2, 0.25) is 0 Å². The van der Waals surface area contributed by atoms with E-state index < -0.39 is 0 Å². The second-order valence-electron chi connectivity index (χ2n) is 3.73. The molecule has 0 spiro atoms. The lowest BCUT2D eigenvalue weighted by atomic mass is 10.0. The fourth-order valence-electron chi connectivity index (χ4n) is 1.35. The van der Waals surface area contributed by atoms with Crippen molar-refractivity contribution in [2.75, 3.05) is 0 Å². The van der Waals surface area contributed by atoms with Gasteiger partial charge in [-0.1, -0.05) is 51.5 Å². The van der Waals surface area contributed by atoms with Crippen LogP contribution >= 0.6 is 0 Å². The Morgan fingerprint density at radius 2 is 1.86 bits per heavy atom. The summed E-state index contributed by atoms with van der Waals surface area (Å²) in [6.45, 7) is 4.41. The molecule has 0 N–H and O–H groups in total. The predicted molar refractivity (Wildman–Crippen MR) is 63.8 cm³/mol. The third-order valence-electron chi connectivity index (χ3n) is 2.32. The number of terminal acetylenes is 1. The van der Waals surface area contributed by atoms with Gasteiger partial charge < -0.3 is 0 Å². The number of rotatable bonds is 8. The Hall–Kier alpha value is -0.700. The van der Waals surface area contributed by atoms with Crippen molar-refractivity contribution in [2.45, 2.75) is 58.8 Å². The minimum Gasteiger partial charge on any atom is -0.119 e. The number of hydrogen-bond donors (Lipinski definition) is 0. The van der Waals surface area contributed by atoms with Gasteiger partial charge >= 0.3 is 0 Å². The molecule has 0 fully saturated rings. The fraction of sp³-hybridized carbons (Fsp3) is 0.714. The smallest absolute Gasteiger partial charge is 0.0449 e. The molecule has 0 aliphatic heterocycles. The van der Waals surface area contributed by atoms with Crippen LogP contribution in [0.1, 0.15) is 58.8 Å². The van der Waals surface area contributed by atoms with Crippen LogP contribution in [-0.4, -0.2) is 0 Å². The number of unbranched alkanes of at least 4 members (excludes halogenated alkanes) is 4. The molecule has 0 amide bonds. The molecule has 14 heavy (non-hydrogen) atoms. The molecule has 0 aromatic rings. The van der Waals surface area contributed by atoms with Gasteiger partial charge in [-0.3, -0.25) is 0 Å². The summed E-state index contributed by atoms with van der Waals surface area (Å²) < 4.78 is 0. The van der Waals surface area contributed by atoms with E-state index in [2.05, 4.69) is 31.9 Å². The molecule has 79 valence electrons. The molecule has 0 aromatic heterocycles. The van der Waals surface area contributed by atoms with Crippen molar-refractivity contribution in [2.24, 2.45) is 5.92 Å². The van der Waals surface area contributed by atoms with E-state index >= 15 is 0 Å². The van der Waals surface area contributed by atoms with Crippen molar-refractivity contribution in [1.29, 1.82) is 0 Å². The summed E-state index contributed by atoms with van der Waals surface area (Å²) in [7, 11) is 0. The molecule has 0 heterocycles. The van der Waals surface area contributed by atoms with Gasteiger partial charge in [0, 0.05) is 5.92 Å². The lowest BCUT2D eigenvalue weighted by molar-refractivity contribution is 0.641. The summed E-state index contributed by atoms with van der Waals surface area (Å²) >= 11 is 0. The standard InChI is InChI=1S/C14H23/c1-4-7-9-10-11-13-14(6-3)12-8-5-2/h3,11,14H,4-5,7-10,12H2,1-2H3. The van der Waals surface area contributed by atoms with Crippen LogP contribution in [0.25, 0.3) is 0 Å². The largest absolute Gasteiger partial charge is 0.119 e. The summed E-state index contributed by atoms with van der Waals surface area (Å²) in [6.07, 6.45) is 19.4. The molecule has 0 aliphatic rings. The normalized spacial score (nSPS) is 12.9. The van der Waals surface area contributed by atoms with Gasteiger partial charge in [0.05, 0.1) is 0 Å². The van der Waals surface area contributed by atoms with Crippen molar-refractivity contribution in [3.63, 3.8) is 0 Å². The topological polar surface area (TPSA) is 0 Å². The van der Waals surface area contributed by atoms with Gasteiger partial charge in [0.25, 0.3) is 0 Å². The van der Waals surface area contributed by atoms with Crippen LogP contribution in [0.15, 0.2) is 6.08 Å². The Kier molecular flexibility index (Phi) is 9.86. The van der Waals surface area contributed by atoms with E-state index in [4.69, 9.17) is 6.42 Å². The Morgan fingerprint density at radius 3 is 2.43 bits per heavy atom. The Morgan fingerprint density at radius 1 is 1.14 bits per heavy atom. The summed E-state index contributed by atoms with van der Waals surface area (Å²) in [4.78, 5) is 0. The first-order chi connectivity index (χ1) is 6.85. The maximum absolute atomic E-state index is 5.42. The van der Waals surface area contributed by atoms with Crippen molar-refractivity contribution < 1.29 is 0 Å². The number of allylic oxidation sites excluding steroid dienone is 2. The average Bonchev–Trinajstić information content (AvgIpc) is 2.22. The molecule has 0 aromatic carbocycles. The lowest BCUT2D eigenvalue weighted by Crippen LogP contribution is -1.92. The van der Waals surface area contributed by atoms with E-state index in [0.29, 0.717) is 0 Å². The van der Waals surface area contributed by atoms with E-state index in [0.717, 1.165) is 12.8 Å². The highest BCUT2D eigenvalue weighted by Crippen LogP contribution is 2.09. The van der Waals surface area contributed by atoms with Crippen LogP contribution in [0, 0.1) is 24.3 Å². The Bertz CT molecular complexity index is 171. The highest BCUT2D eigenvalue weighted by molar-refractivity contribution is 5.00. The summed E-state index contributed by atoms with van der Waals surface area (Å²) in [5.74, 6) is 3.03. The van der Waals surface area contributed by atoms with Crippen molar-refractivity contribution in [3.8, 4) is 12.3 Å². The van der Waals surface area contributed by atoms with Crippen LogP contribution in [0.3, 0.4) is 0 Å². The van der Waals surface area contributed by atoms with Gasteiger partial charge in [0.15, 0.2) is 0 Å². The molecule has 0 saturated heterocycles. The highest BCUT2D eigenvalue weighted by atomic mass is 14.0. The molecular weight excluding hydrogens is 168 g/mol. The molecule has 0 nitrogen and oxygen atoms in total. The van der Waals surface area contributed by atoms with E-state index in [-0.39, 0.29) is 5.92 Å². The maximum atomic E-state index is 5.42. The van der Waals surface area contributed by atoms with Gasteiger partial charge in [-0.05, 0) is 25.3 Å². The van der Waals surface area contributed by atoms with E-state index in [9.17, 15) is 0 Å². The van der Waals surface area contributed by atoms with E-state index in [1.165, 1.54) is 32.1 Å². The highest BCUT2D eigenvalue weighted by Gasteiger charge is 1.98. The Labute approximate surface area is 89.8 Å². The average molecular weight is 191 g/mol. The summed E-state index contributed by atoms with van der Waals surface area (Å²) in [5, 5.41) is 0. The van der Waals surface area contributed by atoms with Gasteiger partial charge in [0.2, 0.25) is 0 Å². The molecule has 0 aliphatic carbocycles. The monoisotopic (exact) mass is 191 g/mol. The second kappa shape index (κ2) is 10.4. The molecule has 0 heteroatoms. The molecule has 1 radical (unpaired) electrons. The zero-order chi connectivity index (χ0) is 10.6. The first-order valence-corrected chi connectivity index (χ1v) is 5.89. The molecule has 1 atom stereocenters. The minimum atomic E-state index is 0.247. The maximum Gasteiger partial charge on any atom is 0.0449 e. The minimum absolute atomic E-state index is 0.247. The number of hydrogen-bond acceptors (Lipinski definition) is 0. The van der Waals surface area contributed by atoms with Crippen LogP contribution < -0.4 is 0 Å². The van der Waals surface area contributed by atoms with Gasteiger partial charge in [0.1, 0.15) is 0 Å². The van der Waals surface area contributed by atoms with E-state index in [1.54, 1.807) is 0 Å². The van der Waals surface area contributed by atoms with Gasteiger partial charge in [-0.2, -0.15) is 0 Å². The molecule has 1 unspecified atom stereocenters. The first-order valence-electron chi connectivity index (χ1n) is 5.89. The summed E-state index contributed by atoms with van der Waals surface area (Å²) in [5.41, 5.74) is 0. The fourth-order valence-corrected chi connectivity index (χ4v) is 1.35. The van der Waals surface area contributed by atoms with Crippen LogP contribution in [0.4, 0.5) is 0 Å². The van der Waals surface area contributed by atoms with Gasteiger partial charge in [-0.15, -0.1) is 6.42 Å².